The van der Waals surface area contributed by atoms with Crippen LogP contribution in [0, 0.1) is 11.3 Å². The Kier molecular flexibility index (Phi) is 6.36. The van der Waals surface area contributed by atoms with Crippen molar-refractivity contribution in [3.05, 3.63) is 64.6 Å². The Labute approximate surface area is 181 Å². The number of allylic oxidation sites excluding steroid dienone is 2. The summed E-state index contributed by atoms with van der Waals surface area (Å²) < 4.78 is 0. The SMILES string of the molecule is C=N/C(NC1(C)CC1)=C(\C)C(C(=C)N1CCN(c2ccc(C#N)cc2)CC1)=C(C)C. The number of piperazine rings is 1. The maximum Gasteiger partial charge on any atom is 0.129 e. The Hall–Kier alpha value is -3.00. The van der Waals surface area contributed by atoms with E-state index in [0.717, 1.165) is 49.0 Å². The van der Waals surface area contributed by atoms with Crippen LogP contribution < -0.4 is 10.2 Å². The first-order valence-electron chi connectivity index (χ1n) is 10.6. The monoisotopic (exact) mass is 403 g/mol. The van der Waals surface area contributed by atoms with Crippen LogP contribution in [0.5, 0.6) is 0 Å². The van der Waals surface area contributed by atoms with Gasteiger partial charge < -0.3 is 15.1 Å². The molecule has 0 aromatic heterocycles. The van der Waals surface area contributed by atoms with E-state index in [0.29, 0.717) is 5.56 Å². The third kappa shape index (κ3) is 4.76. The van der Waals surface area contributed by atoms with E-state index in [-0.39, 0.29) is 5.54 Å². The summed E-state index contributed by atoms with van der Waals surface area (Å²) in [6, 6.07) is 10.0. The van der Waals surface area contributed by atoms with Crippen LogP contribution in [0.4, 0.5) is 5.69 Å². The van der Waals surface area contributed by atoms with Crippen LogP contribution >= 0.6 is 0 Å². The second kappa shape index (κ2) is 8.79. The molecule has 1 heterocycles. The highest BCUT2D eigenvalue weighted by Gasteiger charge is 2.38. The Bertz CT molecular complexity index is 913. The lowest BCUT2D eigenvalue weighted by Gasteiger charge is -2.39. The molecule has 1 aromatic rings. The topological polar surface area (TPSA) is 54.7 Å². The molecular weight excluding hydrogens is 370 g/mol. The van der Waals surface area contributed by atoms with Crippen molar-refractivity contribution in [2.45, 2.75) is 46.1 Å². The summed E-state index contributed by atoms with van der Waals surface area (Å²) in [5, 5.41) is 12.6. The van der Waals surface area contributed by atoms with Gasteiger partial charge in [-0.15, -0.1) is 0 Å². The summed E-state index contributed by atoms with van der Waals surface area (Å²) in [6.07, 6.45) is 2.34. The molecule has 0 bridgehead atoms. The summed E-state index contributed by atoms with van der Waals surface area (Å²) in [6.45, 7) is 20.5. The Morgan fingerprint density at radius 3 is 2.17 bits per heavy atom. The van der Waals surface area contributed by atoms with Crippen molar-refractivity contribution in [3.8, 4) is 6.07 Å². The van der Waals surface area contributed by atoms with Gasteiger partial charge in [0.05, 0.1) is 11.6 Å². The van der Waals surface area contributed by atoms with Gasteiger partial charge in [-0.1, -0.05) is 12.2 Å². The van der Waals surface area contributed by atoms with Crippen LogP contribution in [0.3, 0.4) is 0 Å². The number of rotatable bonds is 7. The van der Waals surface area contributed by atoms with Gasteiger partial charge in [0.2, 0.25) is 0 Å². The minimum atomic E-state index is 0.151. The standard InChI is InChI=1S/C25H33N5/c1-18(2)23(19(3)24(27-6)28-25(5)11-12-25)20(4)29-13-15-30(16-14-29)22-9-7-21(17-26)8-10-22/h7-10,28H,4,6,11-16H2,1-3,5H3/b24-19-. The van der Waals surface area contributed by atoms with E-state index < -0.39 is 0 Å². The zero-order chi connectivity index (χ0) is 21.9. The lowest BCUT2D eigenvalue weighted by Crippen LogP contribution is -2.46. The van der Waals surface area contributed by atoms with E-state index in [1.807, 2.05) is 24.3 Å². The first kappa shape index (κ1) is 21.7. The first-order valence-corrected chi connectivity index (χ1v) is 10.6. The van der Waals surface area contributed by atoms with E-state index in [1.165, 1.54) is 24.0 Å². The number of nitrogens with zero attached hydrogens (tertiary/aromatic N) is 4. The first-order chi connectivity index (χ1) is 14.3. The van der Waals surface area contributed by atoms with Crippen molar-refractivity contribution in [1.82, 2.24) is 10.2 Å². The highest BCUT2D eigenvalue weighted by molar-refractivity contribution is 5.52. The maximum atomic E-state index is 9.00. The molecule has 158 valence electrons. The fraction of sp³-hybridized carbons (Fsp3) is 0.440. The molecule has 2 aliphatic rings. The molecule has 1 aliphatic carbocycles. The Morgan fingerprint density at radius 2 is 1.70 bits per heavy atom. The minimum absolute atomic E-state index is 0.151. The summed E-state index contributed by atoms with van der Waals surface area (Å²) in [4.78, 5) is 9.03. The highest BCUT2D eigenvalue weighted by Crippen LogP contribution is 2.37. The van der Waals surface area contributed by atoms with Gasteiger partial charge >= 0.3 is 0 Å². The lowest BCUT2D eigenvalue weighted by molar-refractivity contribution is 0.328. The quantitative estimate of drug-likeness (QED) is 0.534. The average Bonchev–Trinajstić information content (AvgIpc) is 3.49. The third-order valence-electron chi connectivity index (χ3n) is 6.12. The van der Waals surface area contributed by atoms with E-state index in [9.17, 15) is 0 Å². The van der Waals surface area contributed by atoms with Crippen molar-refractivity contribution in [3.63, 3.8) is 0 Å². The highest BCUT2D eigenvalue weighted by atomic mass is 15.3. The molecule has 30 heavy (non-hydrogen) atoms. The molecule has 0 atom stereocenters. The second-order valence-corrected chi connectivity index (χ2v) is 8.77. The number of benzene rings is 1. The van der Waals surface area contributed by atoms with E-state index in [2.05, 4.69) is 67.2 Å². The van der Waals surface area contributed by atoms with Gasteiger partial charge in [0.15, 0.2) is 0 Å². The van der Waals surface area contributed by atoms with Gasteiger partial charge in [0, 0.05) is 54.2 Å². The summed E-state index contributed by atoms with van der Waals surface area (Å²) in [5.41, 5.74) is 6.57. The van der Waals surface area contributed by atoms with Crippen molar-refractivity contribution < 1.29 is 0 Å². The Morgan fingerprint density at radius 1 is 1.10 bits per heavy atom. The normalized spacial score (nSPS) is 18.1. The van der Waals surface area contributed by atoms with Gasteiger partial charge in [0.1, 0.15) is 5.82 Å². The predicted octanol–water partition coefficient (Wildman–Crippen LogP) is 4.60. The minimum Gasteiger partial charge on any atom is -0.368 e. The van der Waals surface area contributed by atoms with Crippen LogP contribution in [0.25, 0.3) is 0 Å². The summed E-state index contributed by atoms with van der Waals surface area (Å²) in [7, 11) is 0. The summed E-state index contributed by atoms with van der Waals surface area (Å²) in [5.74, 6) is 0.864. The maximum absolute atomic E-state index is 9.00. The number of hydrogen-bond acceptors (Lipinski definition) is 5. The molecule has 0 amide bonds. The zero-order valence-electron chi connectivity index (χ0n) is 18.8. The van der Waals surface area contributed by atoms with Crippen LogP contribution in [0.1, 0.15) is 46.1 Å². The van der Waals surface area contributed by atoms with Crippen LogP contribution in [-0.2, 0) is 0 Å². The smallest absolute Gasteiger partial charge is 0.129 e. The molecule has 1 saturated carbocycles. The van der Waals surface area contributed by atoms with Crippen LogP contribution in [-0.4, -0.2) is 43.3 Å². The van der Waals surface area contributed by atoms with Crippen molar-refractivity contribution in [2.24, 2.45) is 4.99 Å². The number of nitriles is 1. The van der Waals surface area contributed by atoms with Gasteiger partial charge in [-0.3, -0.25) is 0 Å². The molecule has 1 aromatic carbocycles. The number of nitrogens with one attached hydrogen (secondary N) is 1. The molecule has 1 saturated heterocycles. The number of aliphatic imine (C=N–C) groups is 1. The van der Waals surface area contributed by atoms with Crippen molar-refractivity contribution in [1.29, 1.82) is 5.26 Å². The molecule has 1 N–H and O–H groups in total. The molecule has 2 fully saturated rings. The van der Waals surface area contributed by atoms with E-state index in [4.69, 9.17) is 5.26 Å². The van der Waals surface area contributed by atoms with E-state index in [1.54, 1.807) is 0 Å². The Balaban J connectivity index is 1.72. The molecule has 3 rings (SSSR count). The van der Waals surface area contributed by atoms with Gasteiger partial charge in [-0.2, -0.15) is 5.26 Å². The van der Waals surface area contributed by atoms with Crippen LogP contribution in [0.2, 0.25) is 0 Å². The number of hydrogen-bond donors (Lipinski definition) is 1. The molecule has 5 heteroatoms. The molecular formula is C25H33N5. The number of anilines is 1. The molecule has 0 unspecified atom stereocenters. The fourth-order valence-electron chi connectivity index (χ4n) is 3.99. The molecule has 0 spiro atoms. The fourth-order valence-corrected chi connectivity index (χ4v) is 3.99. The lowest BCUT2D eigenvalue weighted by atomic mass is 9.98. The zero-order valence-corrected chi connectivity index (χ0v) is 18.8. The van der Waals surface area contributed by atoms with Gasteiger partial charge in [-0.25, -0.2) is 4.99 Å². The van der Waals surface area contributed by atoms with Gasteiger partial charge in [0.25, 0.3) is 0 Å². The van der Waals surface area contributed by atoms with Crippen LogP contribution in [0.15, 0.2) is 64.1 Å². The largest absolute Gasteiger partial charge is 0.368 e. The molecule has 0 radical (unpaired) electrons. The van der Waals surface area contributed by atoms with Crippen molar-refractivity contribution in [2.75, 3.05) is 31.1 Å². The predicted molar refractivity (Wildman–Crippen MR) is 125 cm³/mol. The molecule has 5 nitrogen and oxygen atoms in total. The van der Waals surface area contributed by atoms with E-state index >= 15 is 0 Å². The molecule has 1 aliphatic heterocycles. The summed E-state index contributed by atoms with van der Waals surface area (Å²) >= 11 is 0. The van der Waals surface area contributed by atoms with Gasteiger partial charge in [-0.05, 0) is 71.5 Å². The average molecular weight is 404 g/mol. The third-order valence-corrected chi connectivity index (χ3v) is 6.12. The second-order valence-electron chi connectivity index (χ2n) is 8.77. The van der Waals surface area contributed by atoms with Crippen molar-refractivity contribution >= 4 is 12.4 Å².